The van der Waals surface area contributed by atoms with Gasteiger partial charge in [0, 0.05) is 5.02 Å². The van der Waals surface area contributed by atoms with Gasteiger partial charge in [-0.15, -0.1) is 11.3 Å². The molecule has 0 atom stereocenters. The van der Waals surface area contributed by atoms with E-state index in [0.717, 1.165) is 16.9 Å². The van der Waals surface area contributed by atoms with Crippen LogP contribution < -0.4 is 5.73 Å². The van der Waals surface area contributed by atoms with Gasteiger partial charge in [0.1, 0.15) is 20.4 Å². The van der Waals surface area contributed by atoms with E-state index in [1.807, 2.05) is 12.1 Å². The first-order chi connectivity index (χ1) is 14.9. The van der Waals surface area contributed by atoms with Crippen molar-refractivity contribution >= 4 is 67.0 Å². The van der Waals surface area contributed by atoms with Crippen LogP contribution in [0, 0.1) is 0 Å². The lowest BCUT2D eigenvalue weighted by Crippen LogP contribution is -2.05. The van der Waals surface area contributed by atoms with Crippen molar-refractivity contribution in [1.29, 1.82) is 0 Å². The normalized spacial score (nSPS) is 12.3. The summed E-state index contributed by atoms with van der Waals surface area (Å²) in [6, 6.07) is 17.5. The Morgan fingerprint density at radius 2 is 1.71 bits per heavy atom. The van der Waals surface area contributed by atoms with E-state index in [1.54, 1.807) is 54.1 Å². The van der Waals surface area contributed by atoms with Crippen LogP contribution in [0.3, 0.4) is 0 Å². The van der Waals surface area contributed by atoms with Crippen LogP contribution >= 0.6 is 22.9 Å². The van der Waals surface area contributed by atoms with Crippen molar-refractivity contribution < 1.29 is 8.42 Å². The minimum absolute atomic E-state index is 0.0519. The average molecular weight is 468 g/mol. The third-order valence-corrected chi connectivity index (χ3v) is 8.12. The highest BCUT2D eigenvalue weighted by Crippen LogP contribution is 2.36. The van der Waals surface area contributed by atoms with Crippen LogP contribution in [0.1, 0.15) is 5.56 Å². The maximum atomic E-state index is 13.4. The van der Waals surface area contributed by atoms with Crippen molar-refractivity contribution in [2.45, 2.75) is 9.10 Å². The first kappa shape index (κ1) is 19.7. The number of anilines is 1. The van der Waals surface area contributed by atoms with Crippen LogP contribution in [-0.4, -0.2) is 29.3 Å². The Labute approximate surface area is 186 Å². The van der Waals surface area contributed by atoms with E-state index >= 15 is 0 Å². The Balaban J connectivity index is 1.80. The van der Waals surface area contributed by atoms with Gasteiger partial charge in [-0.25, -0.2) is 18.4 Å². The molecular formula is C21H14ClN5O2S2. The van der Waals surface area contributed by atoms with Crippen molar-refractivity contribution in [1.82, 2.24) is 14.6 Å². The van der Waals surface area contributed by atoms with Gasteiger partial charge in [0.25, 0.3) is 0 Å². The fraction of sp³-hybridized carbons (Fsp3) is 0. The average Bonchev–Trinajstić information content (AvgIpc) is 3.39. The zero-order chi connectivity index (χ0) is 21.6. The van der Waals surface area contributed by atoms with Gasteiger partial charge >= 0.3 is 0 Å². The molecule has 5 aromatic rings. The van der Waals surface area contributed by atoms with Gasteiger partial charge in [-0.1, -0.05) is 41.9 Å². The van der Waals surface area contributed by atoms with E-state index in [4.69, 9.17) is 17.3 Å². The summed E-state index contributed by atoms with van der Waals surface area (Å²) in [7, 11) is -3.91. The molecular weight excluding hydrogens is 454 g/mol. The third-order valence-electron chi connectivity index (χ3n) is 4.65. The zero-order valence-corrected chi connectivity index (χ0v) is 18.2. The number of sulfone groups is 1. The van der Waals surface area contributed by atoms with Crippen LogP contribution in [-0.2, 0) is 9.84 Å². The van der Waals surface area contributed by atoms with Crippen LogP contribution in [0.2, 0.25) is 5.02 Å². The number of nitrogens with zero attached hydrogens (tertiary/aromatic N) is 4. The molecule has 3 aromatic heterocycles. The molecule has 0 spiro atoms. The van der Waals surface area contributed by atoms with Gasteiger partial charge in [0.05, 0.1) is 17.2 Å². The Bertz CT molecular complexity index is 1560. The number of thiophene rings is 1. The van der Waals surface area contributed by atoms with Crippen LogP contribution in [0.5, 0.6) is 0 Å². The fourth-order valence-electron chi connectivity index (χ4n) is 3.19. The summed E-state index contributed by atoms with van der Waals surface area (Å²) in [6.45, 7) is 0. The van der Waals surface area contributed by atoms with Crippen LogP contribution in [0.25, 0.3) is 22.2 Å². The van der Waals surface area contributed by atoms with E-state index in [9.17, 15) is 8.42 Å². The number of para-hydroxylation sites is 2. The second kappa shape index (κ2) is 7.45. The van der Waals surface area contributed by atoms with E-state index < -0.39 is 9.84 Å². The lowest BCUT2D eigenvalue weighted by Gasteiger charge is -2.02. The molecule has 31 heavy (non-hydrogen) atoms. The second-order valence-electron chi connectivity index (χ2n) is 6.64. The number of nitrogens with two attached hydrogens (primary N) is 1. The summed E-state index contributed by atoms with van der Waals surface area (Å²) in [6.07, 6.45) is 1.56. The number of hydrogen-bond acceptors (Lipinski definition) is 7. The largest absolute Gasteiger partial charge is 0.382 e. The van der Waals surface area contributed by atoms with Crippen molar-refractivity contribution in [3.8, 4) is 0 Å². The Morgan fingerprint density at radius 3 is 2.39 bits per heavy atom. The maximum absolute atomic E-state index is 13.4. The SMILES string of the molecule is Nc1c(S(=O)(=O)c2cccs2)c2nc3ccccc3nc2n1/N=C/c1ccc(Cl)cc1. The lowest BCUT2D eigenvalue weighted by molar-refractivity contribution is 0.599. The maximum Gasteiger partial charge on any atom is 0.221 e. The molecule has 0 aliphatic rings. The third kappa shape index (κ3) is 3.36. The first-order valence-electron chi connectivity index (χ1n) is 9.10. The monoisotopic (exact) mass is 467 g/mol. The van der Waals surface area contributed by atoms with Crippen molar-refractivity contribution in [3.63, 3.8) is 0 Å². The van der Waals surface area contributed by atoms with Crippen molar-refractivity contribution in [3.05, 3.63) is 76.6 Å². The molecule has 2 N–H and O–H groups in total. The number of hydrogen-bond donors (Lipinski definition) is 1. The summed E-state index contributed by atoms with van der Waals surface area (Å²) in [4.78, 5) is 9.08. The van der Waals surface area contributed by atoms with Crippen molar-refractivity contribution in [2.24, 2.45) is 5.10 Å². The summed E-state index contributed by atoms with van der Waals surface area (Å²) in [5, 5.41) is 6.71. The summed E-state index contributed by atoms with van der Waals surface area (Å²) in [5.41, 5.74) is 8.71. The smallest absolute Gasteiger partial charge is 0.221 e. The molecule has 0 saturated carbocycles. The molecule has 0 unspecified atom stereocenters. The fourth-order valence-corrected chi connectivity index (χ4v) is 5.90. The van der Waals surface area contributed by atoms with E-state index in [-0.39, 0.29) is 26.1 Å². The summed E-state index contributed by atoms with van der Waals surface area (Å²) >= 11 is 7.05. The molecule has 154 valence electrons. The Kier molecular flexibility index (Phi) is 4.73. The molecule has 0 fully saturated rings. The van der Waals surface area contributed by atoms with Gasteiger partial charge in [-0.2, -0.15) is 9.78 Å². The molecule has 0 saturated heterocycles. The number of aromatic nitrogens is 3. The predicted molar refractivity (Wildman–Crippen MR) is 124 cm³/mol. The topological polar surface area (TPSA) is 103 Å². The van der Waals surface area contributed by atoms with E-state index in [0.29, 0.717) is 16.1 Å². The van der Waals surface area contributed by atoms with E-state index in [2.05, 4.69) is 15.1 Å². The summed E-state index contributed by atoms with van der Waals surface area (Å²) in [5.74, 6) is -0.0519. The van der Waals surface area contributed by atoms with Gasteiger partial charge in [-0.05, 0) is 41.3 Å². The highest BCUT2D eigenvalue weighted by molar-refractivity contribution is 7.93. The Hall–Kier alpha value is -3.27. The molecule has 3 heterocycles. The highest BCUT2D eigenvalue weighted by atomic mass is 35.5. The van der Waals surface area contributed by atoms with Crippen LogP contribution in [0.15, 0.2) is 80.2 Å². The van der Waals surface area contributed by atoms with Gasteiger partial charge in [0.2, 0.25) is 9.84 Å². The Morgan fingerprint density at radius 1 is 1.00 bits per heavy atom. The number of halogens is 1. The minimum atomic E-state index is -3.91. The predicted octanol–water partition coefficient (Wildman–Crippen LogP) is 4.60. The molecule has 0 radical (unpaired) electrons. The molecule has 10 heteroatoms. The molecule has 2 aromatic carbocycles. The molecule has 0 bridgehead atoms. The zero-order valence-electron chi connectivity index (χ0n) is 15.8. The number of fused-ring (bicyclic) bond motifs is 2. The summed E-state index contributed by atoms with van der Waals surface area (Å²) < 4.78 is 28.2. The van der Waals surface area contributed by atoms with Crippen LogP contribution in [0.4, 0.5) is 5.82 Å². The van der Waals surface area contributed by atoms with Gasteiger partial charge < -0.3 is 5.73 Å². The molecule has 0 amide bonds. The molecule has 0 aliphatic carbocycles. The standard InChI is InChI=1S/C21H14ClN5O2S2/c22-14-9-7-13(8-10-14)12-24-27-20(23)19(31(28,29)17-6-3-11-30-17)18-21(27)26-16-5-2-1-4-15(16)25-18/h1-12H,23H2/b24-12+. The molecule has 7 nitrogen and oxygen atoms in total. The number of nitrogen functional groups attached to an aromatic ring is 1. The lowest BCUT2D eigenvalue weighted by atomic mass is 10.2. The second-order valence-corrected chi connectivity index (χ2v) is 10.1. The van der Waals surface area contributed by atoms with Gasteiger partial charge in [0.15, 0.2) is 5.65 Å². The number of rotatable bonds is 4. The molecule has 0 aliphatic heterocycles. The first-order valence-corrected chi connectivity index (χ1v) is 11.8. The van der Waals surface area contributed by atoms with Gasteiger partial charge in [-0.3, -0.25) is 0 Å². The molecule has 5 rings (SSSR count). The number of benzene rings is 2. The quantitative estimate of drug-likeness (QED) is 0.389. The van der Waals surface area contributed by atoms with E-state index in [1.165, 1.54) is 10.7 Å². The minimum Gasteiger partial charge on any atom is -0.382 e. The highest BCUT2D eigenvalue weighted by Gasteiger charge is 2.31. The van der Waals surface area contributed by atoms with Crippen molar-refractivity contribution in [2.75, 3.05) is 5.73 Å².